The Balaban J connectivity index is 2.66. The summed E-state index contributed by atoms with van der Waals surface area (Å²) in [4.78, 5) is 22.3. The van der Waals surface area contributed by atoms with E-state index in [1.807, 2.05) is 22.4 Å². The summed E-state index contributed by atoms with van der Waals surface area (Å²) in [7, 11) is 0. The van der Waals surface area contributed by atoms with Crippen LogP contribution in [-0.4, -0.2) is 42.3 Å². The fourth-order valence-corrected chi connectivity index (χ4v) is 1.85. The molecule has 1 rings (SSSR count). The Morgan fingerprint density at radius 2 is 1.50 bits per heavy atom. The van der Waals surface area contributed by atoms with Crippen molar-refractivity contribution in [1.29, 1.82) is 0 Å². The van der Waals surface area contributed by atoms with Crippen LogP contribution in [0.1, 0.15) is 13.8 Å². The van der Waals surface area contributed by atoms with Crippen molar-refractivity contribution in [2.75, 3.05) is 13.2 Å². The normalized spacial score (nSPS) is 24.3. The molecule has 1 saturated heterocycles. The first kappa shape index (κ1) is 13.7. The molecule has 6 nitrogen and oxygen atoms in total. The van der Waals surface area contributed by atoms with Gasteiger partial charge in [-0.2, -0.15) is 0 Å². The van der Waals surface area contributed by atoms with Crippen LogP contribution in [0.25, 0.3) is 0 Å². The van der Waals surface area contributed by atoms with Crippen LogP contribution in [0.3, 0.4) is 0 Å². The molecule has 0 aliphatic carbocycles. The Morgan fingerprint density at radius 1 is 1.12 bits per heavy atom. The molecule has 1 aliphatic heterocycles. The lowest BCUT2D eigenvalue weighted by molar-refractivity contribution is -0.163. The molecule has 16 heavy (non-hydrogen) atoms. The molecule has 8 heteroatoms. The van der Waals surface area contributed by atoms with Crippen molar-refractivity contribution >= 4 is 39.3 Å². The van der Waals surface area contributed by atoms with Crippen molar-refractivity contribution in [1.82, 2.24) is 0 Å². The highest BCUT2D eigenvalue weighted by Crippen LogP contribution is 2.22. The number of rotatable bonds is 4. The van der Waals surface area contributed by atoms with Gasteiger partial charge in [0.05, 0.1) is 13.2 Å². The lowest BCUT2D eigenvalue weighted by atomic mass is 10.2. The van der Waals surface area contributed by atoms with E-state index in [9.17, 15) is 9.59 Å². The maximum Gasteiger partial charge on any atom is 0.533 e. The lowest BCUT2D eigenvalue weighted by Crippen LogP contribution is -2.39. The van der Waals surface area contributed by atoms with E-state index in [1.54, 1.807) is 13.8 Å². The second-order valence-corrected chi connectivity index (χ2v) is 3.91. The van der Waals surface area contributed by atoms with Crippen molar-refractivity contribution in [3.05, 3.63) is 0 Å². The highest BCUT2D eigenvalue weighted by Gasteiger charge is 2.48. The summed E-state index contributed by atoms with van der Waals surface area (Å²) in [6.45, 7) is 3.80. The molecule has 0 aromatic carbocycles. The minimum Gasteiger partial charge on any atom is -0.464 e. The van der Waals surface area contributed by atoms with Crippen LogP contribution in [0, 0.1) is 0 Å². The lowest BCUT2D eigenvalue weighted by Gasteiger charge is -2.15. The highest BCUT2D eigenvalue weighted by atomic mass is 127. The van der Waals surface area contributed by atoms with E-state index in [4.69, 9.17) is 18.8 Å². The average Bonchev–Trinajstić information content (AvgIpc) is 2.61. The number of ether oxygens (including phenoxy) is 2. The third-order valence-corrected chi connectivity index (χ3v) is 2.41. The molecule has 0 aromatic heterocycles. The Hall–Kier alpha value is -0.345. The molecule has 2 atom stereocenters. The number of esters is 2. The summed E-state index contributed by atoms with van der Waals surface area (Å²) in [6, 6.07) is 0. The van der Waals surface area contributed by atoms with Gasteiger partial charge in [-0.15, -0.1) is 0 Å². The number of hydrogen-bond donors (Lipinski definition) is 0. The van der Waals surface area contributed by atoms with Crippen LogP contribution >= 0.6 is 22.4 Å². The van der Waals surface area contributed by atoms with Gasteiger partial charge in [0, 0.05) is 0 Å². The van der Waals surface area contributed by atoms with E-state index in [2.05, 4.69) is 0 Å². The molecular weight excluding hydrogens is 330 g/mol. The first-order valence-electron chi connectivity index (χ1n) is 4.88. The van der Waals surface area contributed by atoms with Gasteiger partial charge in [0.25, 0.3) is 0 Å². The quantitative estimate of drug-likeness (QED) is 0.416. The van der Waals surface area contributed by atoms with Crippen LogP contribution in [0.4, 0.5) is 0 Å². The number of hydrogen-bond acceptors (Lipinski definition) is 6. The molecule has 0 amide bonds. The molecule has 1 heterocycles. The standard InChI is InChI=1S/C8H12BIO6/c1-3-13-7(11)5-6(8(12)14-4-2)16-9(10)15-5/h5-6H,3-4H2,1-2H3. The van der Waals surface area contributed by atoms with E-state index < -0.39 is 29.1 Å². The van der Waals surface area contributed by atoms with Gasteiger partial charge in [0.2, 0.25) is 0 Å². The van der Waals surface area contributed by atoms with Gasteiger partial charge in [-0.1, -0.05) is 22.4 Å². The van der Waals surface area contributed by atoms with Crippen molar-refractivity contribution < 1.29 is 28.4 Å². The highest BCUT2D eigenvalue weighted by molar-refractivity contribution is 14.1. The first-order valence-corrected chi connectivity index (χ1v) is 6.13. The zero-order valence-corrected chi connectivity index (χ0v) is 11.1. The largest absolute Gasteiger partial charge is 0.533 e. The Morgan fingerprint density at radius 3 is 1.81 bits per heavy atom. The Kier molecular flexibility index (Phi) is 5.49. The molecule has 90 valence electrons. The fourth-order valence-electron chi connectivity index (χ4n) is 1.21. The smallest absolute Gasteiger partial charge is 0.464 e. The molecule has 0 saturated carbocycles. The molecule has 0 bridgehead atoms. The van der Waals surface area contributed by atoms with Gasteiger partial charge in [-0.05, 0) is 13.8 Å². The van der Waals surface area contributed by atoms with Gasteiger partial charge in [-0.3, -0.25) is 0 Å². The molecule has 0 spiro atoms. The Bertz CT molecular complexity index is 247. The zero-order chi connectivity index (χ0) is 12.1. The predicted octanol–water partition coefficient (Wildman–Crippen LogP) is 0.317. The summed E-state index contributed by atoms with van der Waals surface area (Å²) in [6.07, 6.45) is -2.08. The third-order valence-electron chi connectivity index (χ3n) is 1.82. The summed E-state index contributed by atoms with van der Waals surface area (Å²) in [5.41, 5.74) is 0. The number of carbonyl (C=O) groups is 2. The number of carbonyl (C=O) groups excluding carboxylic acids is 2. The monoisotopic (exact) mass is 342 g/mol. The van der Waals surface area contributed by atoms with Gasteiger partial charge < -0.3 is 18.8 Å². The van der Waals surface area contributed by atoms with Crippen molar-refractivity contribution in [3.63, 3.8) is 0 Å². The molecule has 1 aliphatic rings. The van der Waals surface area contributed by atoms with Crippen molar-refractivity contribution in [3.8, 4) is 0 Å². The van der Waals surface area contributed by atoms with Crippen LogP contribution in [-0.2, 0) is 28.4 Å². The number of halogens is 1. The van der Waals surface area contributed by atoms with Gasteiger partial charge in [-0.25, -0.2) is 9.59 Å². The molecule has 0 aromatic rings. The summed E-state index contributed by atoms with van der Waals surface area (Å²) in [5, 5.41) is 0. The second-order valence-electron chi connectivity index (χ2n) is 2.89. The van der Waals surface area contributed by atoms with E-state index >= 15 is 0 Å². The van der Waals surface area contributed by atoms with Gasteiger partial charge in [0.15, 0.2) is 12.2 Å². The van der Waals surface area contributed by atoms with Crippen molar-refractivity contribution in [2.45, 2.75) is 26.1 Å². The summed E-state index contributed by atoms with van der Waals surface area (Å²) >= 11 is 1.83. The topological polar surface area (TPSA) is 71.1 Å². The maximum absolute atomic E-state index is 11.5. The molecule has 0 N–H and O–H groups in total. The third kappa shape index (κ3) is 3.32. The first-order chi connectivity index (χ1) is 7.60. The van der Waals surface area contributed by atoms with Gasteiger partial charge >= 0.3 is 16.9 Å². The minimum atomic E-state index is -1.04. The summed E-state index contributed by atoms with van der Waals surface area (Å²) in [5.74, 6) is -1.22. The summed E-state index contributed by atoms with van der Waals surface area (Å²) < 4.78 is 19.8. The minimum absolute atomic E-state index is 0.222. The van der Waals surface area contributed by atoms with Gasteiger partial charge in [0.1, 0.15) is 0 Å². The van der Waals surface area contributed by atoms with E-state index in [0.29, 0.717) is 0 Å². The van der Waals surface area contributed by atoms with Crippen LogP contribution in [0.2, 0.25) is 0 Å². The average molecular weight is 342 g/mol. The van der Waals surface area contributed by atoms with E-state index in [0.717, 1.165) is 0 Å². The van der Waals surface area contributed by atoms with Crippen LogP contribution in [0.5, 0.6) is 0 Å². The Labute approximate surface area is 107 Å². The van der Waals surface area contributed by atoms with E-state index in [1.165, 1.54) is 0 Å². The second kappa shape index (κ2) is 6.40. The SMILES string of the molecule is CCOC(=O)C1OB(I)OC1C(=O)OCC. The molecule has 2 unspecified atom stereocenters. The predicted molar refractivity (Wildman–Crippen MR) is 62.8 cm³/mol. The fraction of sp³-hybridized carbons (Fsp3) is 0.750. The molecule has 0 radical (unpaired) electrons. The maximum atomic E-state index is 11.5. The molecular formula is C8H12BIO6. The van der Waals surface area contributed by atoms with Crippen molar-refractivity contribution in [2.24, 2.45) is 0 Å². The molecule has 1 fully saturated rings. The van der Waals surface area contributed by atoms with E-state index in [-0.39, 0.29) is 13.2 Å². The van der Waals surface area contributed by atoms with Crippen LogP contribution < -0.4 is 0 Å². The zero-order valence-electron chi connectivity index (χ0n) is 8.97. The van der Waals surface area contributed by atoms with Crippen LogP contribution in [0.15, 0.2) is 0 Å².